The van der Waals surface area contributed by atoms with Crippen LogP contribution >= 0.6 is 0 Å². The van der Waals surface area contributed by atoms with E-state index in [0.717, 1.165) is 24.1 Å². The first-order valence-corrected chi connectivity index (χ1v) is 11.7. The molecule has 0 unspecified atom stereocenters. The van der Waals surface area contributed by atoms with Crippen LogP contribution in [-0.4, -0.2) is 51.0 Å². The lowest BCUT2D eigenvalue weighted by molar-refractivity contribution is 0.0717. The summed E-state index contributed by atoms with van der Waals surface area (Å²) in [6, 6.07) is 9.49. The summed E-state index contributed by atoms with van der Waals surface area (Å²) in [6.45, 7) is 7.09. The molecule has 0 bridgehead atoms. The van der Waals surface area contributed by atoms with Gasteiger partial charge in [-0.2, -0.15) is 10.4 Å². The Labute approximate surface area is 203 Å². The second-order valence-corrected chi connectivity index (χ2v) is 9.60. The van der Waals surface area contributed by atoms with Crippen molar-refractivity contribution in [1.29, 1.82) is 5.26 Å². The first kappa shape index (κ1) is 22.6. The number of aryl methyl sites for hydroxylation is 1. The normalized spacial score (nSPS) is 17.3. The van der Waals surface area contributed by atoms with Crippen LogP contribution in [0, 0.1) is 18.3 Å². The van der Waals surface area contributed by atoms with Gasteiger partial charge in [0.1, 0.15) is 0 Å². The number of likely N-dealkylation sites (tertiary alicyclic amines) is 1. The minimum absolute atomic E-state index is 0.00672. The molecular weight excluding hydrogens is 442 g/mol. The summed E-state index contributed by atoms with van der Waals surface area (Å²) < 4.78 is 0. The number of hydrogen-bond donors (Lipinski definition) is 2. The third kappa shape index (κ3) is 3.91. The number of nitrogens with one attached hydrogen (secondary N) is 2. The number of rotatable bonds is 4. The number of carbonyl (C=O) groups is 2. The van der Waals surface area contributed by atoms with Gasteiger partial charge in [-0.3, -0.25) is 24.6 Å². The van der Waals surface area contributed by atoms with Crippen LogP contribution in [0.1, 0.15) is 64.2 Å². The average molecular weight is 470 g/mol. The van der Waals surface area contributed by atoms with E-state index in [2.05, 4.69) is 26.6 Å². The lowest BCUT2D eigenvalue weighted by Gasteiger charge is -2.34. The molecule has 9 nitrogen and oxygen atoms in total. The third-order valence-corrected chi connectivity index (χ3v) is 7.00. The Kier molecular flexibility index (Phi) is 5.52. The first-order chi connectivity index (χ1) is 16.8. The van der Waals surface area contributed by atoms with E-state index in [-0.39, 0.29) is 17.9 Å². The number of aromatic amines is 1. The highest BCUT2D eigenvalue weighted by Gasteiger charge is 2.44. The fourth-order valence-electron chi connectivity index (χ4n) is 5.08. The van der Waals surface area contributed by atoms with Gasteiger partial charge < -0.3 is 10.2 Å². The van der Waals surface area contributed by atoms with Gasteiger partial charge in [-0.25, -0.2) is 0 Å². The lowest BCUT2D eigenvalue weighted by Crippen LogP contribution is -2.42. The number of aromatic nitrogens is 3. The van der Waals surface area contributed by atoms with E-state index in [1.54, 1.807) is 41.7 Å². The summed E-state index contributed by atoms with van der Waals surface area (Å²) >= 11 is 0. The number of H-pyrrole nitrogens is 1. The highest BCUT2D eigenvalue weighted by Crippen LogP contribution is 2.42. The number of nitriles is 1. The molecule has 0 saturated carbocycles. The number of pyridine rings is 1. The molecule has 0 aliphatic carbocycles. The van der Waals surface area contributed by atoms with Gasteiger partial charge >= 0.3 is 0 Å². The van der Waals surface area contributed by atoms with Gasteiger partial charge in [0.05, 0.1) is 52.2 Å². The number of nitrogens with zero attached hydrogens (tertiary/aromatic N) is 5. The summed E-state index contributed by atoms with van der Waals surface area (Å²) in [5.74, 6) is -0.0953. The summed E-state index contributed by atoms with van der Waals surface area (Å²) in [4.78, 5) is 34.0. The van der Waals surface area contributed by atoms with Gasteiger partial charge in [0.15, 0.2) is 0 Å². The van der Waals surface area contributed by atoms with E-state index in [1.165, 1.54) is 0 Å². The van der Waals surface area contributed by atoms with Crippen molar-refractivity contribution in [1.82, 2.24) is 20.1 Å². The number of piperidine rings is 1. The Bertz CT molecular complexity index is 1350. The molecule has 2 aliphatic rings. The quantitative estimate of drug-likeness (QED) is 0.603. The molecule has 35 heavy (non-hydrogen) atoms. The van der Waals surface area contributed by atoms with E-state index < -0.39 is 5.54 Å². The molecule has 9 heteroatoms. The molecular formula is C26H27N7O2. The monoisotopic (exact) mass is 469 g/mol. The Hall–Kier alpha value is -4.19. The molecule has 1 aromatic carbocycles. The number of amides is 2. The van der Waals surface area contributed by atoms with Crippen molar-refractivity contribution in [3.8, 4) is 6.07 Å². The van der Waals surface area contributed by atoms with Gasteiger partial charge in [-0.05, 0) is 63.4 Å². The minimum Gasteiger partial charge on any atom is -0.381 e. The molecule has 2 aliphatic heterocycles. The zero-order chi connectivity index (χ0) is 24.7. The summed E-state index contributed by atoms with van der Waals surface area (Å²) in [5.41, 5.74) is 4.22. The van der Waals surface area contributed by atoms with Crippen molar-refractivity contribution in [2.45, 2.75) is 45.2 Å². The second kappa shape index (κ2) is 8.55. The molecule has 1 saturated heterocycles. The summed E-state index contributed by atoms with van der Waals surface area (Å²) in [5, 5.41) is 19.6. The molecule has 2 N–H and O–H groups in total. The fraction of sp³-hybridized carbons (Fsp3) is 0.346. The topological polar surface area (TPSA) is 118 Å². The molecule has 5 rings (SSSR count). The largest absolute Gasteiger partial charge is 0.381 e. The SMILES string of the molecule is Cc1n[nH]cc1C(=O)N1CCC(Nc2cncc(N3C(=O)c4ccc(C#N)cc4C3(C)C)c2)CC1. The van der Waals surface area contributed by atoms with E-state index in [9.17, 15) is 14.9 Å². The Morgan fingerprint density at radius 3 is 2.69 bits per heavy atom. The van der Waals surface area contributed by atoms with E-state index in [4.69, 9.17) is 0 Å². The summed E-state index contributed by atoms with van der Waals surface area (Å²) in [7, 11) is 0. The highest BCUT2D eigenvalue weighted by molar-refractivity contribution is 6.12. The van der Waals surface area contributed by atoms with Crippen LogP contribution in [0.25, 0.3) is 0 Å². The van der Waals surface area contributed by atoms with Crippen LogP contribution in [0.4, 0.5) is 11.4 Å². The van der Waals surface area contributed by atoms with E-state index in [1.807, 2.05) is 31.7 Å². The molecule has 0 spiro atoms. The second-order valence-electron chi connectivity index (χ2n) is 9.60. The van der Waals surface area contributed by atoms with Crippen molar-refractivity contribution in [3.63, 3.8) is 0 Å². The smallest absolute Gasteiger partial charge is 0.259 e. The van der Waals surface area contributed by atoms with Crippen LogP contribution in [0.3, 0.4) is 0 Å². The van der Waals surface area contributed by atoms with Crippen LogP contribution in [0.5, 0.6) is 0 Å². The first-order valence-electron chi connectivity index (χ1n) is 11.7. The molecule has 178 valence electrons. The van der Waals surface area contributed by atoms with Crippen molar-refractivity contribution < 1.29 is 9.59 Å². The number of anilines is 2. The van der Waals surface area contributed by atoms with Gasteiger partial charge in [0, 0.05) is 30.9 Å². The number of fused-ring (bicyclic) bond motifs is 1. The molecule has 0 atom stereocenters. The molecule has 3 aromatic rings. The fourth-order valence-corrected chi connectivity index (χ4v) is 5.08. The summed E-state index contributed by atoms with van der Waals surface area (Å²) in [6.07, 6.45) is 6.72. The zero-order valence-electron chi connectivity index (χ0n) is 20.0. The average Bonchev–Trinajstić information content (AvgIpc) is 3.37. The Morgan fingerprint density at radius 2 is 2.00 bits per heavy atom. The van der Waals surface area contributed by atoms with Crippen LogP contribution in [0.15, 0.2) is 42.9 Å². The van der Waals surface area contributed by atoms with E-state index >= 15 is 0 Å². The van der Waals surface area contributed by atoms with E-state index in [0.29, 0.717) is 41.2 Å². The predicted molar refractivity (Wildman–Crippen MR) is 131 cm³/mol. The standard InChI is InChI=1S/C26H27N7O2/c1-16-22(15-29-31-16)24(34)32-8-6-18(7-9-32)30-19-11-20(14-28-13-19)33-25(35)21-5-4-17(12-27)10-23(21)26(33,2)3/h4-5,10-11,13-15,18,30H,6-9H2,1-3H3,(H,29,31). The maximum atomic E-state index is 13.3. The molecule has 4 heterocycles. The molecule has 1 fully saturated rings. The third-order valence-electron chi connectivity index (χ3n) is 7.00. The maximum absolute atomic E-state index is 13.3. The number of benzene rings is 1. The highest BCUT2D eigenvalue weighted by atomic mass is 16.2. The van der Waals surface area contributed by atoms with Gasteiger partial charge in [0.2, 0.25) is 0 Å². The lowest BCUT2D eigenvalue weighted by atomic mass is 9.92. The maximum Gasteiger partial charge on any atom is 0.259 e. The van der Waals surface area contributed by atoms with Gasteiger partial charge in [-0.1, -0.05) is 0 Å². The van der Waals surface area contributed by atoms with Crippen LogP contribution in [-0.2, 0) is 5.54 Å². The van der Waals surface area contributed by atoms with Crippen molar-refractivity contribution in [2.75, 3.05) is 23.3 Å². The van der Waals surface area contributed by atoms with Gasteiger partial charge in [-0.15, -0.1) is 0 Å². The van der Waals surface area contributed by atoms with Crippen molar-refractivity contribution in [2.24, 2.45) is 0 Å². The van der Waals surface area contributed by atoms with Gasteiger partial charge in [0.25, 0.3) is 11.8 Å². The van der Waals surface area contributed by atoms with Crippen molar-refractivity contribution >= 4 is 23.2 Å². The molecule has 2 aromatic heterocycles. The van der Waals surface area contributed by atoms with Crippen molar-refractivity contribution in [3.05, 3.63) is 70.8 Å². The zero-order valence-corrected chi connectivity index (χ0v) is 20.0. The Morgan fingerprint density at radius 1 is 1.23 bits per heavy atom. The Balaban J connectivity index is 1.29. The van der Waals surface area contributed by atoms with Crippen LogP contribution in [0.2, 0.25) is 0 Å². The minimum atomic E-state index is -0.615. The van der Waals surface area contributed by atoms with Crippen LogP contribution < -0.4 is 10.2 Å². The number of hydrogen-bond acceptors (Lipinski definition) is 6. The molecule has 0 radical (unpaired) electrons. The predicted octanol–water partition coefficient (Wildman–Crippen LogP) is 3.60. The molecule has 2 amide bonds. The number of carbonyl (C=O) groups excluding carboxylic acids is 2.